The molecule has 3 heterocycles. The van der Waals surface area contributed by atoms with Crippen molar-refractivity contribution in [3.05, 3.63) is 44.6 Å². The van der Waals surface area contributed by atoms with Crippen LogP contribution in [0.25, 0.3) is 17.5 Å². The fourth-order valence-electron chi connectivity index (χ4n) is 2.20. The van der Waals surface area contributed by atoms with E-state index in [9.17, 15) is 4.79 Å². The van der Waals surface area contributed by atoms with Gasteiger partial charge in [-0.15, -0.1) is 16.4 Å². The van der Waals surface area contributed by atoms with Gasteiger partial charge in [-0.05, 0) is 29.8 Å². The zero-order valence-electron chi connectivity index (χ0n) is 12.9. The Balaban J connectivity index is 1.43. The maximum atomic E-state index is 12.0. The number of hydrogen-bond donors (Lipinski definition) is 1. The van der Waals surface area contributed by atoms with Gasteiger partial charge in [0.2, 0.25) is 6.79 Å². The number of carbonyl (C=O) groups is 1. The van der Waals surface area contributed by atoms with Crippen molar-refractivity contribution < 1.29 is 18.7 Å². The number of halogens is 2. The van der Waals surface area contributed by atoms with E-state index in [0.717, 1.165) is 5.56 Å². The molecule has 1 aliphatic heterocycles. The highest BCUT2D eigenvalue weighted by Gasteiger charge is 2.16. The number of hydrogen-bond acceptors (Lipinski definition) is 7. The van der Waals surface area contributed by atoms with Gasteiger partial charge in [-0.1, -0.05) is 34.4 Å². The first-order chi connectivity index (χ1) is 12.6. The van der Waals surface area contributed by atoms with Crippen LogP contribution in [0.2, 0.25) is 8.67 Å². The molecule has 0 saturated carbocycles. The molecule has 3 aromatic rings. The molecule has 1 N–H and O–H groups in total. The number of thiophene rings is 1. The molecule has 0 spiro atoms. The van der Waals surface area contributed by atoms with Crippen LogP contribution in [0.5, 0.6) is 11.5 Å². The number of rotatable bonds is 4. The lowest BCUT2D eigenvalue weighted by Crippen LogP contribution is -2.07. The number of fused-ring (bicyclic) bond motifs is 1. The highest BCUT2D eigenvalue weighted by Crippen LogP contribution is 2.37. The average Bonchev–Trinajstić information content (AvgIpc) is 3.32. The molecule has 0 radical (unpaired) electrons. The number of aromatic nitrogens is 2. The first-order valence-electron chi connectivity index (χ1n) is 7.26. The van der Waals surface area contributed by atoms with Crippen molar-refractivity contribution in [3.8, 4) is 23.0 Å². The summed E-state index contributed by atoms with van der Waals surface area (Å²) in [5.41, 5.74) is 1.31. The highest BCUT2D eigenvalue weighted by molar-refractivity contribution is 7.20. The molecule has 132 valence electrons. The molecule has 1 aliphatic rings. The fourth-order valence-corrected chi connectivity index (χ4v) is 3.65. The Bertz CT molecular complexity index is 1010. The summed E-state index contributed by atoms with van der Waals surface area (Å²) in [6.45, 7) is 0.196. The first kappa shape index (κ1) is 16.9. The summed E-state index contributed by atoms with van der Waals surface area (Å²) in [7, 11) is 0. The number of carbonyl (C=O) groups excluding carboxylic acids is 1. The van der Waals surface area contributed by atoms with Crippen LogP contribution in [0.4, 0.5) is 6.01 Å². The van der Waals surface area contributed by atoms with E-state index < -0.39 is 5.91 Å². The van der Waals surface area contributed by atoms with E-state index in [0.29, 0.717) is 25.7 Å². The van der Waals surface area contributed by atoms with Crippen LogP contribution >= 0.6 is 34.5 Å². The minimum absolute atomic E-state index is 0.0428. The third-order valence-electron chi connectivity index (χ3n) is 3.37. The van der Waals surface area contributed by atoms with E-state index in [2.05, 4.69) is 15.5 Å². The van der Waals surface area contributed by atoms with Gasteiger partial charge in [0.15, 0.2) is 11.5 Å². The molecule has 0 fully saturated rings. The van der Waals surface area contributed by atoms with Crippen LogP contribution in [0.15, 0.2) is 34.8 Å². The van der Waals surface area contributed by atoms with Gasteiger partial charge in [0.05, 0.1) is 9.90 Å². The zero-order valence-corrected chi connectivity index (χ0v) is 15.2. The van der Waals surface area contributed by atoms with Crippen molar-refractivity contribution in [2.24, 2.45) is 0 Å². The van der Waals surface area contributed by atoms with E-state index >= 15 is 0 Å². The van der Waals surface area contributed by atoms with Crippen molar-refractivity contribution in [3.63, 3.8) is 0 Å². The van der Waals surface area contributed by atoms with Gasteiger partial charge in [0, 0.05) is 6.08 Å². The smallest absolute Gasteiger partial charge is 0.322 e. The average molecular weight is 410 g/mol. The number of anilines is 1. The molecule has 26 heavy (non-hydrogen) atoms. The summed E-state index contributed by atoms with van der Waals surface area (Å²) in [5.74, 6) is 1.07. The number of nitrogens with one attached hydrogen (secondary N) is 1. The van der Waals surface area contributed by atoms with Gasteiger partial charge >= 0.3 is 6.01 Å². The lowest BCUT2D eigenvalue weighted by atomic mass is 10.2. The minimum atomic E-state index is -0.424. The topological polar surface area (TPSA) is 86.5 Å². The SMILES string of the molecule is O=C(/C=C/c1ccc2c(c1)OCO2)Nc1nnc(-c2cc(Cl)sc2Cl)o1. The fraction of sp³-hybridized carbons (Fsp3) is 0.0625. The molecular weight excluding hydrogens is 401 g/mol. The Hall–Kier alpha value is -2.55. The summed E-state index contributed by atoms with van der Waals surface area (Å²) in [4.78, 5) is 12.0. The zero-order chi connectivity index (χ0) is 18.1. The van der Waals surface area contributed by atoms with Crippen LogP contribution in [-0.2, 0) is 4.79 Å². The van der Waals surface area contributed by atoms with Crippen LogP contribution in [-0.4, -0.2) is 22.9 Å². The van der Waals surface area contributed by atoms with Crippen molar-refractivity contribution >= 4 is 52.5 Å². The second-order valence-corrected chi connectivity index (χ2v) is 7.37. The minimum Gasteiger partial charge on any atom is -0.454 e. The van der Waals surface area contributed by atoms with Gasteiger partial charge in [-0.25, -0.2) is 0 Å². The largest absolute Gasteiger partial charge is 0.454 e. The van der Waals surface area contributed by atoms with Crippen LogP contribution in [0.3, 0.4) is 0 Å². The van der Waals surface area contributed by atoms with Gasteiger partial charge in [-0.2, -0.15) is 0 Å². The van der Waals surface area contributed by atoms with Crippen LogP contribution in [0, 0.1) is 0 Å². The molecule has 4 rings (SSSR count). The Morgan fingerprint density at radius 2 is 2.04 bits per heavy atom. The third kappa shape index (κ3) is 3.52. The Morgan fingerprint density at radius 3 is 2.85 bits per heavy atom. The van der Waals surface area contributed by atoms with Gasteiger partial charge in [0.1, 0.15) is 4.34 Å². The molecule has 0 bridgehead atoms. The molecule has 10 heteroatoms. The number of ether oxygens (including phenoxy) is 2. The lowest BCUT2D eigenvalue weighted by molar-refractivity contribution is -0.112. The maximum Gasteiger partial charge on any atom is 0.322 e. The highest BCUT2D eigenvalue weighted by atomic mass is 35.5. The van der Waals surface area contributed by atoms with E-state index in [1.54, 1.807) is 24.3 Å². The second-order valence-electron chi connectivity index (χ2n) is 5.09. The van der Waals surface area contributed by atoms with Gasteiger partial charge in [0.25, 0.3) is 11.8 Å². The van der Waals surface area contributed by atoms with Crippen molar-refractivity contribution in [2.45, 2.75) is 0 Å². The molecule has 0 aliphatic carbocycles. The maximum absolute atomic E-state index is 12.0. The normalized spacial score (nSPS) is 12.7. The third-order valence-corrected chi connectivity index (χ3v) is 4.85. The van der Waals surface area contributed by atoms with E-state index in [4.69, 9.17) is 37.1 Å². The molecule has 1 amide bonds. The number of amides is 1. The van der Waals surface area contributed by atoms with Gasteiger partial charge < -0.3 is 13.9 Å². The molecular formula is C16H9Cl2N3O4S. The van der Waals surface area contributed by atoms with E-state index in [1.165, 1.54) is 17.4 Å². The predicted molar refractivity (Wildman–Crippen MR) is 97.9 cm³/mol. The molecule has 1 aromatic carbocycles. The molecule has 2 aromatic heterocycles. The first-order valence-corrected chi connectivity index (χ1v) is 8.83. The standard InChI is InChI=1S/C16H9Cl2N3O4S/c17-12-6-9(14(18)26-12)15-20-21-16(25-15)19-13(22)4-2-8-1-3-10-11(5-8)24-7-23-10/h1-6H,7H2,(H,19,21,22)/b4-2+. The van der Waals surface area contributed by atoms with Crippen LogP contribution in [0.1, 0.15) is 5.56 Å². The Labute approximate surface area is 161 Å². The monoisotopic (exact) mass is 409 g/mol. The van der Waals surface area contributed by atoms with Crippen LogP contribution < -0.4 is 14.8 Å². The molecule has 0 atom stereocenters. The number of benzene rings is 1. The summed E-state index contributed by atoms with van der Waals surface area (Å²) in [6.07, 6.45) is 2.97. The van der Waals surface area contributed by atoms with E-state index in [1.807, 2.05) is 6.07 Å². The molecule has 7 nitrogen and oxygen atoms in total. The summed E-state index contributed by atoms with van der Waals surface area (Å²) in [5, 5.41) is 10.1. The van der Waals surface area contributed by atoms with Crippen molar-refractivity contribution in [1.29, 1.82) is 0 Å². The summed E-state index contributed by atoms with van der Waals surface area (Å²) in [6, 6.07) is 6.94. The Morgan fingerprint density at radius 1 is 1.19 bits per heavy atom. The quantitative estimate of drug-likeness (QED) is 0.638. The van der Waals surface area contributed by atoms with Crippen molar-refractivity contribution in [2.75, 3.05) is 12.1 Å². The molecule has 0 saturated heterocycles. The van der Waals surface area contributed by atoms with E-state index in [-0.39, 0.29) is 18.7 Å². The summed E-state index contributed by atoms with van der Waals surface area (Å²) < 4.78 is 16.8. The van der Waals surface area contributed by atoms with Crippen molar-refractivity contribution in [1.82, 2.24) is 10.2 Å². The van der Waals surface area contributed by atoms with Gasteiger partial charge in [-0.3, -0.25) is 10.1 Å². The Kier molecular flexibility index (Phi) is 4.54. The molecule has 0 unspecified atom stereocenters. The lowest BCUT2D eigenvalue weighted by Gasteiger charge is -1.98. The number of nitrogens with zero attached hydrogens (tertiary/aromatic N) is 2. The second kappa shape index (κ2) is 6.99. The predicted octanol–water partition coefficient (Wildman–Crippen LogP) is 4.49. The summed E-state index contributed by atoms with van der Waals surface area (Å²) >= 11 is 13.1.